The molecule has 5 atom stereocenters. The van der Waals surface area contributed by atoms with Gasteiger partial charge in [-0.05, 0) is 51.5 Å². The number of hydrogen-bond donors (Lipinski definition) is 8. The van der Waals surface area contributed by atoms with Crippen molar-refractivity contribution in [3.05, 3.63) is 0 Å². The van der Waals surface area contributed by atoms with E-state index < -0.39 is 59.9 Å². The molecular weight excluding hydrogens is 448 g/mol. The van der Waals surface area contributed by atoms with Gasteiger partial charge in [0.15, 0.2) is 0 Å². The highest BCUT2D eigenvalue weighted by molar-refractivity contribution is 5.94. The lowest BCUT2D eigenvalue weighted by atomic mass is 10.0. The summed E-state index contributed by atoms with van der Waals surface area (Å²) >= 11 is 0. The summed E-state index contributed by atoms with van der Waals surface area (Å²) in [6.07, 6.45) is -0.181. The molecule has 0 fully saturated rings. The van der Waals surface area contributed by atoms with Crippen LogP contribution < -0.4 is 33.2 Å². The molecule has 0 rings (SSSR count). The smallest absolute Gasteiger partial charge is 0.326 e. The van der Waals surface area contributed by atoms with E-state index in [2.05, 4.69) is 16.0 Å². The fourth-order valence-electron chi connectivity index (χ4n) is 3.04. The van der Waals surface area contributed by atoms with Gasteiger partial charge in [0.2, 0.25) is 23.6 Å². The molecule has 0 heterocycles. The fraction of sp³-hybridized carbons (Fsp3) is 0.762. The van der Waals surface area contributed by atoms with Crippen molar-refractivity contribution in [2.75, 3.05) is 6.54 Å². The van der Waals surface area contributed by atoms with Gasteiger partial charge in [-0.3, -0.25) is 19.2 Å². The monoisotopic (exact) mass is 488 g/mol. The predicted octanol–water partition coefficient (Wildman–Crippen LogP) is -2.33. The van der Waals surface area contributed by atoms with Crippen molar-refractivity contribution in [3.8, 4) is 0 Å². The van der Waals surface area contributed by atoms with Gasteiger partial charge in [-0.15, -0.1) is 0 Å². The minimum atomic E-state index is -1.32. The molecular formula is C21H40N6O7. The highest BCUT2D eigenvalue weighted by Gasteiger charge is 2.31. The maximum Gasteiger partial charge on any atom is 0.326 e. The first kappa shape index (κ1) is 31.2. The molecule has 0 aliphatic heterocycles. The van der Waals surface area contributed by atoms with E-state index in [1.54, 1.807) is 0 Å². The third-order valence-electron chi connectivity index (χ3n) is 5.04. The Kier molecular flexibility index (Phi) is 14.7. The lowest BCUT2D eigenvalue weighted by Crippen LogP contribution is -2.58. The molecule has 11 N–H and O–H groups in total. The number of nitrogens with one attached hydrogen (secondary N) is 3. The molecule has 0 bridgehead atoms. The first-order valence-corrected chi connectivity index (χ1v) is 11.4. The van der Waals surface area contributed by atoms with E-state index in [0.717, 1.165) is 0 Å². The summed E-state index contributed by atoms with van der Waals surface area (Å²) in [5.41, 5.74) is 16.3. The molecule has 0 aliphatic rings. The number of rotatable bonds is 17. The van der Waals surface area contributed by atoms with Gasteiger partial charge < -0.3 is 43.4 Å². The SMILES string of the molecule is CC(C)CC(NC(=O)C(CCCCN)NC(=O)C(CCC(N)=O)NC(=O)C(N)C(C)O)C(=O)O. The number of aliphatic hydroxyl groups is 1. The van der Waals surface area contributed by atoms with Crippen LogP contribution in [0.3, 0.4) is 0 Å². The molecule has 4 amide bonds. The summed E-state index contributed by atoms with van der Waals surface area (Å²) in [7, 11) is 0. The first-order chi connectivity index (χ1) is 15.8. The van der Waals surface area contributed by atoms with Gasteiger partial charge in [0, 0.05) is 6.42 Å². The molecule has 13 nitrogen and oxygen atoms in total. The lowest BCUT2D eigenvalue weighted by Gasteiger charge is -2.26. The van der Waals surface area contributed by atoms with Gasteiger partial charge in [0.05, 0.1) is 6.10 Å². The highest BCUT2D eigenvalue weighted by atomic mass is 16.4. The van der Waals surface area contributed by atoms with Crippen LogP contribution >= 0.6 is 0 Å². The number of nitrogens with two attached hydrogens (primary N) is 3. The van der Waals surface area contributed by atoms with Crippen molar-refractivity contribution in [2.45, 2.75) is 89.6 Å². The number of primary amides is 1. The van der Waals surface area contributed by atoms with Crippen molar-refractivity contribution >= 4 is 29.6 Å². The zero-order valence-electron chi connectivity index (χ0n) is 20.1. The lowest BCUT2D eigenvalue weighted by molar-refractivity contribution is -0.143. The van der Waals surface area contributed by atoms with Crippen LogP contribution in [0.15, 0.2) is 0 Å². The standard InChI is InChI=1S/C21H40N6O7/c1-11(2)10-15(21(33)34)27-18(30)13(6-4-5-9-22)25-19(31)14(7-8-16(23)29)26-20(32)17(24)12(3)28/h11-15,17,28H,4-10,22,24H2,1-3H3,(H2,23,29)(H,25,31)(H,26,32)(H,27,30)(H,33,34). The summed E-state index contributed by atoms with van der Waals surface area (Å²) in [6, 6.07) is -4.83. The van der Waals surface area contributed by atoms with Gasteiger partial charge in [-0.25, -0.2) is 4.79 Å². The molecule has 0 aromatic rings. The Hall–Kier alpha value is -2.77. The maximum atomic E-state index is 12.9. The van der Waals surface area contributed by atoms with Crippen LogP contribution in [0.25, 0.3) is 0 Å². The average Bonchev–Trinajstić information content (AvgIpc) is 2.73. The van der Waals surface area contributed by atoms with E-state index in [9.17, 15) is 34.2 Å². The molecule has 0 aliphatic carbocycles. The quantitative estimate of drug-likeness (QED) is 0.102. The third kappa shape index (κ3) is 12.5. The second-order valence-electron chi connectivity index (χ2n) is 8.71. The summed E-state index contributed by atoms with van der Waals surface area (Å²) in [6.45, 7) is 5.29. The number of aliphatic carboxylic acids is 1. The Bertz CT molecular complexity index is 701. The molecule has 0 saturated heterocycles. The van der Waals surface area contributed by atoms with E-state index in [1.807, 2.05) is 13.8 Å². The van der Waals surface area contributed by atoms with Crippen LogP contribution in [0, 0.1) is 5.92 Å². The van der Waals surface area contributed by atoms with Gasteiger partial charge in [-0.1, -0.05) is 13.8 Å². The van der Waals surface area contributed by atoms with Crippen molar-refractivity contribution < 1.29 is 34.2 Å². The summed E-state index contributed by atoms with van der Waals surface area (Å²) in [5, 5.41) is 26.3. The number of carbonyl (C=O) groups is 5. The summed E-state index contributed by atoms with van der Waals surface area (Å²) in [5.74, 6) is -4.21. The Balaban J connectivity index is 5.58. The number of aliphatic hydroxyl groups excluding tert-OH is 1. The van der Waals surface area contributed by atoms with E-state index in [-0.39, 0.29) is 31.6 Å². The van der Waals surface area contributed by atoms with Crippen molar-refractivity contribution in [1.29, 1.82) is 0 Å². The number of carbonyl (C=O) groups excluding carboxylic acids is 4. The zero-order valence-corrected chi connectivity index (χ0v) is 20.1. The predicted molar refractivity (Wildman–Crippen MR) is 124 cm³/mol. The number of hydrogen-bond acceptors (Lipinski definition) is 8. The van der Waals surface area contributed by atoms with Gasteiger partial charge in [-0.2, -0.15) is 0 Å². The number of carboxylic acid groups (broad SMARTS) is 1. The summed E-state index contributed by atoms with van der Waals surface area (Å²) in [4.78, 5) is 60.8. The molecule has 5 unspecified atom stereocenters. The molecule has 0 aromatic heterocycles. The number of amides is 4. The third-order valence-corrected chi connectivity index (χ3v) is 5.04. The fourth-order valence-corrected chi connectivity index (χ4v) is 3.04. The largest absolute Gasteiger partial charge is 0.480 e. The Labute approximate surface area is 199 Å². The van der Waals surface area contributed by atoms with Crippen molar-refractivity contribution in [3.63, 3.8) is 0 Å². The second kappa shape index (κ2) is 16.0. The average molecular weight is 489 g/mol. The normalized spacial score (nSPS) is 15.5. The van der Waals surface area contributed by atoms with Crippen LogP contribution in [-0.4, -0.2) is 76.6 Å². The van der Waals surface area contributed by atoms with Gasteiger partial charge in [0.1, 0.15) is 24.2 Å². The van der Waals surface area contributed by atoms with Gasteiger partial charge in [0.25, 0.3) is 0 Å². The second-order valence-corrected chi connectivity index (χ2v) is 8.71. The number of carboxylic acids is 1. The minimum absolute atomic E-state index is 0.00167. The van der Waals surface area contributed by atoms with Crippen LogP contribution in [0.2, 0.25) is 0 Å². The Morgan fingerprint density at radius 1 is 0.824 bits per heavy atom. The highest BCUT2D eigenvalue weighted by Crippen LogP contribution is 2.08. The zero-order chi connectivity index (χ0) is 26.4. The van der Waals surface area contributed by atoms with Gasteiger partial charge >= 0.3 is 5.97 Å². The molecule has 0 radical (unpaired) electrons. The molecule has 34 heavy (non-hydrogen) atoms. The number of unbranched alkanes of at least 4 members (excludes halogenated alkanes) is 1. The summed E-state index contributed by atoms with van der Waals surface area (Å²) < 4.78 is 0. The first-order valence-electron chi connectivity index (χ1n) is 11.4. The minimum Gasteiger partial charge on any atom is -0.480 e. The Morgan fingerprint density at radius 3 is 1.76 bits per heavy atom. The van der Waals surface area contributed by atoms with E-state index in [1.165, 1.54) is 6.92 Å². The van der Waals surface area contributed by atoms with Crippen molar-refractivity contribution in [2.24, 2.45) is 23.1 Å². The van der Waals surface area contributed by atoms with Crippen molar-refractivity contribution in [1.82, 2.24) is 16.0 Å². The molecule has 196 valence electrons. The van der Waals surface area contributed by atoms with E-state index in [4.69, 9.17) is 17.2 Å². The molecule has 0 saturated carbocycles. The Morgan fingerprint density at radius 2 is 1.32 bits per heavy atom. The maximum absolute atomic E-state index is 12.9. The molecule has 0 aromatic carbocycles. The van der Waals surface area contributed by atoms with Crippen LogP contribution in [0.5, 0.6) is 0 Å². The topological polar surface area (TPSA) is 240 Å². The van der Waals surface area contributed by atoms with E-state index in [0.29, 0.717) is 19.4 Å². The van der Waals surface area contributed by atoms with Crippen LogP contribution in [0.4, 0.5) is 0 Å². The molecule has 13 heteroatoms. The molecule has 0 spiro atoms. The van der Waals surface area contributed by atoms with Crippen LogP contribution in [-0.2, 0) is 24.0 Å². The van der Waals surface area contributed by atoms with E-state index >= 15 is 0 Å². The van der Waals surface area contributed by atoms with Crippen LogP contribution in [0.1, 0.15) is 59.3 Å².